The molecule has 1 aromatic rings. The zero-order valence-corrected chi connectivity index (χ0v) is 26.4. The van der Waals surface area contributed by atoms with Gasteiger partial charge in [0.1, 0.15) is 29.5 Å². The van der Waals surface area contributed by atoms with Crippen molar-refractivity contribution in [2.24, 2.45) is 11.3 Å². The summed E-state index contributed by atoms with van der Waals surface area (Å²) in [5, 5.41) is 17.0. The van der Waals surface area contributed by atoms with Gasteiger partial charge in [0.2, 0.25) is 17.7 Å². The standard InChI is InChI=1S/C33H41FN6O6/c1-32(2,3)29(43)37-25-13-8-6-4-5-7-11-21-15-33(21,30(44)36-19-35)38-27(41)26-14-22(17-40(26)28(25)42)46-31(45)39-16-20-10-9-12-24(34)23(20)18-39/h7,9-12,21-22,25-26H,4-6,8,13-18H2,1-3H3,(H,36,44)(H,37,43)(H,38,41)/b11-7-/t21-,22+,25-,26?,33+/m0/s1. The number of ether oxygens (including phenoxy) is 1. The Morgan fingerprint density at radius 3 is 2.65 bits per heavy atom. The molecule has 12 nitrogen and oxygen atoms in total. The lowest BCUT2D eigenvalue weighted by molar-refractivity contribution is -0.143. The van der Waals surface area contributed by atoms with Crippen molar-refractivity contribution in [3.8, 4) is 6.19 Å². The van der Waals surface area contributed by atoms with Crippen LogP contribution >= 0.6 is 0 Å². The molecule has 1 aromatic carbocycles. The monoisotopic (exact) mass is 636 g/mol. The Balaban J connectivity index is 1.40. The van der Waals surface area contributed by atoms with Crippen LogP contribution in [0.5, 0.6) is 0 Å². The van der Waals surface area contributed by atoms with Crippen molar-refractivity contribution in [2.75, 3.05) is 6.54 Å². The minimum atomic E-state index is -1.35. The summed E-state index contributed by atoms with van der Waals surface area (Å²) < 4.78 is 20.1. The Bertz CT molecular complexity index is 1480. The zero-order chi connectivity index (χ0) is 33.2. The minimum Gasteiger partial charge on any atom is -0.444 e. The lowest BCUT2D eigenvalue weighted by Gasteiger charge is -2.31. The third-order valence-electron chi connectivity index (χ3n) is 9.25. The molecule has 5 atom stereocenters. The number of hydrogen-bond donors (Lipinski definition) is 3. The number of carbonyl (C=O) groups is 5. The lowest BCUT2D eigenvalue weighted by Crippen LogP contribution is -2.58. The first-order chi connectivity index (χ1) is 21.8. The van der Waals surface area contributed by atoms with E-state index in [4.69, 9.17) is 10.00 Å². The second-order valence-corrected chi connectivity index (χ2v) is 13.7. The predicted molar refractivity (Wildman–Crippen MR) is 162 cm³/mol. The molecule has 1 saturated carbocycles. The van der Waals surface area contributed by atoms with Gasteiger partial charge in [-0.15, -0.1) is 0 Å². The molecule has 1 unspecified atom stereocenters. The van der Waals surface area contributed by atoms with Crippen molar-refractivity contribution in [3.63, 3.8) is 0 Å². The average Bonchev–Trinajstić information content (AvgIpc) is 3.30. The van der Waals surface area contributed by atoms with Crippen LogP contribution in [0.3, 0.4) is 0 Å². The van der Waals surface area contributed by atoms with E-state index < -0.39 is 58.8 Å². The molecule has 3 aliphatic heterocycles. The van der Waals surface area contributed by atoms with Gasteiger partial charge in [-0.25, -0.2) is 9.18 Å². The largest absolute Gasteiger partial charge is 0.444 e. The number of allylic oxidation sites excluding steroid dienone is 1. The van der Waals surface area contributed by atoms with Crippen molar-refractivity contribution in [3.05, 3.63) is 47.3 Å². The van der Waals surface area contributed by atoms with Gasteiger partial charge in [-0.3, -0.25) is 29.4 Å². The Labute approximate surface area is 267 Å². The first-order valence-electron chi connectivity index (χ1n) is 15.9. The van der Waals surface area contributed by atoms with Crippen LogP contribution in [-0.4, -0.2) is 69.8 Å². The van der Waals surface area contributed by atoms with Crippen LogP contribution in [0.1, 0.15) is 76.8 Å². The van der Waals surface area contributed by atoms with E-state index in [1.54, 1.807) is 39.1 Å². The summed E-state index contributed by atoms with van der Waals surface area (Å²) in [6, 6.07) is 2.62. The van der Waals surface area contributed by atoms with Crippen molar-refractivity contribution in [1.29, 1.82) is 5.26 Å². The molecule has 13 heteroatoms. The second kappa shape index (κ2) is 13.1. The molecule has 0 radical (unpaired) electrons. The molecule has 4 aliphatic rings. The van der Waals surface area contributed by atoms with Gasteiger partial charge in [0, 0.05) is 29.9 Å². The molecule has 46 heavy (non-hydrogen) atoms. The summed E-state index contributed by atoms with van der Waals surface area (Å²) in [5.74, 6) is -2.80. The molecule has 246 valence electrons. The number of rotatable bonds is 3. The van der Waals surface area contributed by atoms with Crippen LogP contribution in [0.25, 0.3) is 0 Å². The number of nitrogens with one attached hydrogen (secondary N) is 3. The first-order valence-corrected chi connectivity index (χ1v) is 15.9. The van der Waals surface area contributed by atoms with Gasteiger partial charge in [0.25, 0.3) is 5.91 Å². The third kappa shape index (κ3) is 6.85. The molecule has 1 aliphatic carbocycles. The summed E-state index contributed by atoms with van der Waals surface area (Å²) in [5.41, 5.74) is -1.02. The van der Waals surface area contributed by atoms with E-state index >= 15 is 0 Å². The molecule has 5 amide bonds. The quantitative estimate of drug-likeness (QED) is 0.261. The molecular formula is C33H41FN6O6. The molecule has 0 aromatic heterocycles. The van der Waals surface area contributed by atoms with Gasteiger partial charge in [-0.2, -0.15) is 5.26 Å². The maximum Gasteiger partial charge on any atom is 0.410 e. The minimum absolute atomic E-state index is 0.0342. The Morgan fingerprint density at radius 1 is 1.15 bits per heavy atom. The average molecular weight is 637 g/mol. The molecule has 3 N–H and O–H groups in total. The normalized spacial score (nSPS) is 28.7. The fraction of sp³-hybridized carbons (Fsp3) is 0.576. The van der Waals surface area contributed by atoms with Crippen LogP contribution in [0, 0.1) is 28.6 Å². The van der Waals surface area contributed by atoms with Gasteiger partial charge in [0.05, 0.1) is 13.1 Å². The van der Waals surface area contributed by atoms with E-state index in [2.05, 4.69) is 16.0 Å². The summed E-state index contributed by atoms with van der Waals surface area (Å²) in [6.45, 7) is 5.32. The predicted octanol–water partition coefficient (Wildman–Crippen LogP) is 2.77. The van der Waals surface area contributed by atoms with E-state index in [0.29, 0.717) is 24.0 Å². The van der Waals surface area contributed by atoms with E-state index in [1.165, 1.54) is 15.9 Å². The van der Waals surface area contributed by atoms with Crippen LogP contribution in [0.2, 0.25) is 0 Å². The summed E-state index contributed by atoms with van der Waals surface area (Å²) >= 11 is 0. The number of hydrogen-bond acceptors (Lipinski definition) is 7. The first kappa shape index (κ1) is 32.9. The van der Waals surface area contributed by atoms with Gasteiger partial charge >= 0.3 is 6.09 Å². The molecule has 0 bridgehead atoms. The number of halogens is 1. The molecule has 5 rings (SSSR count). The SMILES string of the molecule is CC(C)(C)C(=O)N[C@H]1CCCCC/C=C\[C@H]2C[C@@]2(C(=O)NC#N)NC(=O)C2C[C@@H](OC(=O)N3Cc4cccc(F)c4C3)CN2C1=O. The van der Waals surface area contributed by atoms with Crippen LogP contribution in [-0.2, 0) is 37.0 Å². The second-order valence-electron chi connectivity index (χ2n) is 13.7. The maximum atomic E-state index is 14.3. The highest BCUT2D eigenvalue weighted by Crippen LogP contribution is 2.45. The van der Waals surface area contributed by atoms with Crippen molar-refractivity contribution in [2.45, 2.75) is 103 Å². The van der Waals surface area contributed by atoms with Crippen LogP contribution in [0.15, 0.2) is 30.4 Å². The summed E-state index contributed by atoms with van der Waals surface area (Å²) in [4.78, 5) is 70.0. The summed E-state index contributed by atoms with van der Waals surface area (Å²) in [7, 11) is 0. The number of fused-ring (bicyclic) bond motifs is 3. The summed E-state index contributed by atoms with van der Waals surface area (Å²) in [6.07, 6.45) is 7.51. The topological polar surface area (TPSA) is 161 Å². The Hall–Kier alpha value is -4.47. The highest BCUT2D eigenvalue weighted by Gasteiger charge is 2.61. The lowest BCUT2D eigenvalue weighted by atomic mass is 9.94. The number of benzene rings is 1. The highest BCUT2D eigenvalue weighted by atomic mass is 19.1. The number of nitrogens with zero attached hydrogens (tertiary/aromatic N) is 3. The Morgan fingerprint density at radius 2 is 1.93 bits per heavy atom. The number of nitriles is 1. The fourth-order valence-corrected chi connectivity index (χ4v) is 6.43. The van der Waals surface area contributed by atoms with E-state index in [0.717, 1.165) is 19.3 Å². The highest BCUT2D eigenvalue weighted by molar-refractivity contribution is 5.99. The van der Waals surface area contributed by atoms with E-state index in [-0.39, 0.29) is 44.3 Å². The third-order valence-corrected chi connectivity index (χ3v) is 9.25. The van der Waals surface area contributed by atoms with E-state index in [9.17, 15) is 28.4 Å². The van der Waals surface area contributed by atoms with Gasteiger partial charge in [0.15, 0.2) is 6.19 Å². The van der Waals surface area contributed by atoms with Gasteiger partial charge in [-0.1, -0.05) is 57.9 Å². The smallest absolute Gasteiger partial charge is 0.410 e. The van der Waals surface area contributed by atoms with Crippen LogP contribution < -0.4 is 16.0 Å². The van der Waals surface area contributed by atoms with E-state index in [1.807, 2.05) is 12.2 Å². The fourth-order valence-electron chi connectivity index (χ4n) is 6.43. The van der Waals surface area contributed by atoms with Crippen LogP contribution in [0.4, 0.5) is 9.18 Å². The van der Waals surface area contributed by atoms with Crippen molar-refractivity contribution in [1.82, 2.24) is 25.8 Å². The number of carbonyl (C=O) groups excluding carboxylic acids is 5. The molecule has 1 saturated heterocycles. The Kier molecular flexibility index (Phi) is 9.37. The zero-order valence-electron chi connectivity index (χ0n) is 26.4. The number of amides is 5. The van der Waals surface area contributed by atoms with Crippen molar-refractivity contribution < 1.29 is 33.1 Å². The molecular weight excluding hydrogens is 595 g/mol. The molecule has 0 spiro atoms. The van der Waals surface area contributed by atoms with Gasteiger partial charge in [-0.05, 0) is 37.3 Å². The van der Waals surface area contributed by atoms with Gasteiger partial charge < -0.3 is 20.3 Å². The molecule has 3 heterocycles. The van der Waals surface area contributed by atoms with Crippen molar-refractivity contribution >= 4 is 29.7 Å². The molecule has 2 fully saturated rings. The maximum absolute atomic E-state index is 14.3.